The molecule has 0 saturated carbocycles. The first-order valence-corrected chi connectivity index (χ1v) is 10.1. The number of rotatable bonds is 7. The van der Waals surface area contributed by atoms with Gasteiger partial charge in [-0.25, -0.2) is 0 Å². The first-order valence-electron chi connectivity index (χ1n) is 9.12. The predicted octanol–water partition coefficient (Wildman–Crippen LogP) is 3.83. The van der Waals surface area contributed by atoms with Crippen LogP contribution in [0.3, 0.4) is 0 Å². The van der Waals surface area contributed by atoms with E-state index in [1.54, 1.807) is 36.4 Å². The van der Waals surface area contributed by atoms with Crippen molar-refractivity contribution in [2.24, 2.45) is 7.05 Å². The predicted molar refractivity (Wildman–Crippen MR) is 113 cm³/mol. The molecule has 2 N–H and O–H groups in total. The number of hydrogen-bond acceptors (Lipinski definition) is 6. The Balaban J connectivity index is 1.56. The number of aromatic nitrogens is 3. The van der Waals surface area contributed by atoms with Gasteiger partial charge >= 0.3 is 6.18 Å². The first kappa shape index (κ1) is 23.1. The molecule has 0 unspecified atom stereocenters. The molecule has 3 rings (SSSR count). The lowest BCUT2D eigenvalue weighted by Gasteiger charge is -2.10. The molecular formula is C20H18F3N5O3S. The Labute approximate surface area is 185 Å². The average molecular weight is 465 g/mol. The van der Waals surface area contributed by atoms with Crippen LogP contribution in [-0.2, 0) is 18.0 Å². The van der Waals surface area contributed by atoms with Gasteiger partial charge in [-0.1, -0.05) is 23.9 Å². The van der Waals surface area contributed by atoms with Gasteiger partial charge in [-0.3, -0.25) is 9.59 Å². The van der Waals surface area contributed by atoms with E-state index in [0.29, 0.717) is 22.7 Å². The summed E-state index contributed by atoms with van der Waals surface area (Å²) in [6.45, 7) is 0. The van der Waals surface area contributed by atoms with E-state index in [4.69, 9.17) is 4.74 Å². The van der Waals surface area contributed by atoms with E-state index < -0.39 is 17.9 Å². The second-order valence-corrected chi connectivity index (χ2v) is 7.37. The van der Waals surface area contributed by atoms with Gasteiger partial charge in [0.15, 0.2) is 5.16 Å². The van der Waals surface area contributed by atoms with Crippen LogP contribution in [0, 0.1) is 0 Å². The van der Waals surface area contributed by atoms with Crippen LogP contribution < -0.4 is 15.4 Å². The number of para-hydroxylation sites is 2. The molecular weight excluding hydrogens is 447 g/mol. The van der Waals surface area contributed by atoms with E-state index in [1.807, 2.05) is 0 Å². The Morgan fingerprint density at radius 2 is 1.75 bits per heavy atom. The number of nitrogens with zero attached hydrogens (tertiary/aromatic N) is 3. The first-order chi connectivity index (χ1) is 15.2. The fraction of sp³-hybridized carbons (Fsp3) is 0.200. The van der Waals surface area contributed by atoms with E-state index in [1.165, 1.54) is 26.3 Å². The SMILES string of the molecule is COc1ccccc1NC(=O)c1ccc(NC(=O)CSc2nnc(C(F)(F)F)n2C)cc1. The summed E-state index contributed by atoms with van der Waals surface area (Å²) < 4.78 is 44.2. The molecule has 0 atom stereocenters. The monoisotopic (exact) mass is 465 g/mol. The molecule has 2 amide bonds. The Morgan fingerprint density at radius 1 is 1.06 bits per heavy atom. The summed E-state index contributed by atoms with van der Waals surface area (Å²) in [6, 6.07) is 13.1. The molecule has 1 heterocycles. The smallest absolute Gasteiger partial charge is 0.451 e. The molecule has 0 aliphatic carbocycles. The molecule has 1 aromatic heterocycles. The minimum absolute atomic E-state index is 0.0316. The van der Waals surface area contributed by atoms with Crippen molar-refractivity contribution in [2.75, 3.05) is 23.5 Å². The molecule has 3 aromatic rings. The van der Waals surface area contributed by atoms with E-state index in [9.17, 15) is 22.8 Å². The maximum atomic E-state index is 12.8. The molecule has 168 valence electrons. The van der Waals surface area contributed by atoms with Gasteiger partial charge in [0.2, 0.25) is 11.7 Å². The Kier molecular flexibility index (Phi) is 7.03. The van der Waals surface area contributed by atoms with E-state index in [-0.39, 0.29) is 16.8 Å². The number of alkyl halides is 3. The third-order valence-corrected chi connectivity index (χ3v) is 5.23. The van der Waals surface area contributed by atoms with Gasteiger partial charge in [0, 0.05) is 18.3 Å². The summed E-state index contributed by atoms with van der Waals surface area (Å²) in [5.41, 5.74) is 1.31. The number of carbonyl (C=O) groups is 2. The molecule has 0 radical (unpaired) electrons. The highest BCUT2D eigenvalue weighted by Gasteiger charge is 2.37. The van der Waals surface area contributed by atoms with Gasteiger partial charge in [0.25, 0.3) is 5.91 Å². The number of halogens is 3. The standard InChI is InChI=1S/C20H18F3N5O3S/c1-28-18(20(21,22)23)26-27-19(28)32-11-16(29)24-13-9-7-12(8-10-13)17(30)25-14-5-3-4-6-15(14)31-2/h3-10H,11H2,1-2H3,(H,24,29)(H,25,30). The van der Waals surface area contributed by atoms with Crippen LogP contribution >= 0.6 is 11.8 Å². The van der Waals surface area contributed by atoms with Crippen LogP contribution in [0.5, 0.6) is 5.75 Å². The van der Waals surface area contributed by atoms with Crippen LogP contribution in [-0.4, -0.2) is 39.4 Å². The minimum Gasteiger partial charge on any atom is -0.495 e. The molecule has 0 saturated heterocycles. The van der Waals surface area contributed by atoms with Crippen LogP contribution in [0.25, 0.3) is 0 Å². The number of nitrogens with one attached hydrogen (secondary N) is 2. The molecule has 32 heavy (non-hydrogen) atoms. The van der Waals surface area contributed by atoms with Gasteiger partial charge in [-0.05, 0) is 36.4 Å². The third-order valence-electron chi connectivity index (χ3n) is 4.21. The van der Waals surface area contributed by atoms with Crippen molar-refractivity contribution in [3.05, 3.63) is 59.9 Å². The van der Waals surface area contributed by atoms with E-state index in [0.717, 1.165) is 16.3 Å². The van der Waals surface area contributed by atoms with Crippen LogP contribution in [0.4, 0.5) is 24.5 Å². The van der Waals surface area contributed by atoms with Crippen molar-refractivity contribution < 1.29 is 27.5 Å². The number of amides is 2. The number of benzene rings is 2. The van der Waals surface area contributed by atoms with Crippen molar-refractivity contribution in [1.82, 2.24) is 14.8 Å². The van der Waals surface area contributed by atoms with Crippen molar-refractivity contribution in [3.8, 4) is 5.75 Å². The Bertz CT molecular complexity index is 1120. The number of methoxy groups -OCH3 is 1. The van der Waals surface area contributed by atoms with E-state index in [2.05, 4.69) is 20.8 Å². The van der Waals surface area contributed by atoms with Gasteiger partial charge in [-0.2, -0.15) is 13.2 Å². The number of thioether (sulfide) groups is 1. The van der Waals surface area contributed by atoms with Crippen molar-refractivity contribution >= 4 is 35.0 Å². The zero-order valence-corrected chi connectivity index (χ0v) is 17.8. The molecule has 0 aliphatic rings. The van der Waals surface area contributed by atoms with Gasteiger partial charge < -0.3 is 19.9 Å². The zero-order chi connectivity index (χ0) is 23.3. The lowest BCUT2D eigenvalue weighted by atomic mass is 10.2. The highest BCUT2D eigenvalue weighted by molar-refractivity contribution is 7.99. The molecule has 12 heteroatoms. The highest BCUT2D eigenvalue weighted by Crippen LogP contribution is 2.29. The number of hydrogen-bond donors (Lipinski definition) is 2. The topological polar surface area (TPSA) is 98.1 Å². The fourth-order valence-corrected chi connectivity index (χ4v) is 3.37. The van der Waals surface area contributed by atoms with Crippen molar-refractivity contribution in [3.63, 3.8) is 0 Å². The molecule has 8 nitrogen and oxygen atoms in total. The molecule has 0 spiro atoms. The van der Waals surface area contributed by atoms with Gasteiger partial charge in [0.1, 0.15) is 5.75 Å². The minimum atomic E-state index is -4.62. The second kappa shape index (κ2) is 9.73. The van der Waals surface area contributed by atoms with Crippen LogP contribution in [0.15, 0.2) is 53.7 Å². The summed E-state index contributed by atoms with van der Waals surface area (Å²) >= 11 is 0.825. The normalized spacial score (nSPS) is 11.2. The number of carbonyl (C=O) groups excluding carboxylic acids is 2. The molecule has 2 aromatic carbocycles. The van der Waals surface area contributed by atoms with Gasteiger partial charge in [-0.15, -0.1) is 10.2 Å². The largest absolute Gasteiger partial charge is 0.495 e. The summed E-state index contributed by atoms with van der Waals surface area (Å²) in [5, 5.41) is 11.9. The highest BCUT2D eigenvalue weighted by atomic mass is 32.2. The third kappa shape index (κ3) is 5.58. The van der Waals surface area contributed by atoms with Crippen molar-refractivity contribution in [2.45, 2.75) is 11.3 Å². The van der Waals surface area contributed by atoms with Crippen LogP contribution in [0.1, 0.15) is 16.2 Å². The Morgan fingerprint density at radius 3 is 2.38 bits per heavy atom. The number of ether oxygens (including phenoxy) is 1. The maximum Gasteiger partial charge on any atom is 0.451 e. The van der Waals surface area contributed by atoms with Crippen LogP contribution in [0.2, 0.25) is 0 Å². The van der Waals surface area contributed by atoms with E-state index >= 15 is 0 Å². The molecule has 0 aliphatic heterocycles. The quantitative estimate of drug-likeness (QED) is 0.515. The summed E-state index contributed by atoms with van der Waals surface area (Å²) in [6.07, 6.45) is -4.62. The lowest BCUT2D eigenvalue weighted by Crippen LogP contribution is -2.16. The fourth-order valence-electron chi connectivity index (χ4n) is 2.66. The summed E-state index contributed by atoms with van der Waals surface area (Å²) in [4.78, 5) is 24.6. The second-order valence-electron chi connectivity index (χ2n) is 6.43. The zero-order valence-electron chi connectivity index (χ0n) is 16.9. The number of anilines is 2. The van der Waals surface area contributed by atoms with Gasteiger partial charge in [0.05, 0.1) is 18.6 Å². The maximum absolute atomic E-state index is 12.8. The Hall–Kier alpha value is -3.54. The average Bonchev–Trinajstić information content (AvgIpc) is 3.14. The van der Waals surface area contributed by atoms with Crippen molar-refractivity contribution in [1.29, 1.82) is 0 Å². The lowest BCUT2D eigenvalue weighted by molar-refractivity contribution is -0.147. The molecule has 0 bridgehead atoms. The summed E-state index contributed by atoms with van der Waals surface area (Å²) in [5.74, 6) is -1.58. The molecule has 0 fully saturated rings. The summed E-state index contributed by atoms with van der Waals surface area (Å²) in [7, 11) is 2.68.